The van der Waals surface area contributed by atoms with E-state index in [1.165, 1.54) is 25.7 Å². The molecule has 2 nitrogen and oxygen atoms in total. The van der Waals surface area contributed by atoms with Gasteiger partial charge in [0, 0.05) is 23.1 Å². The summed E-state index contributed by atoms with van der Waals surface area (Å²) in [4.78, 5) is 0. The topological polar surface area (TPSA) is 21.3 Å². The molecule has 1 aliphatic heterocycles. The molecule has 0 aromatic heterocycles. The van der Waals surface area contributed by atoms with Gasteiger partial charge < -0.3 is 10.1 Å². The van der Waals surface area contributed by atoms with Crippen LogP contribution in [0, 0.1) is 11.3 Å². The van der Waals surface area contributed by atoms with Crippen molar-refractivity contribution < 1.29 is 4.74 Å². The molecule has 1 saturated heterocycles. The Morgan fingerprint density at radius 1 is 1.15 bits per heavy atom. The third kappa shape index (κ3) is 4.14. The van der Waals surface area contributed by atoms with Crippen molar-refractivity contribution >= 4 is 11.8 Å². The minimum Gasteiger partial charge on any atom is -0.377 e. The van der Waals surface area contributed by atoms with Gasteiger partial charge in [-0.2, -0.15) is 11.8 Å². The standard InChI is InChI=1S/C17H33NOS/c1-6-18-14-8-7-13(17(3,4)5)11-16(14)20-15-9-10-19-12(15)2/h12-16,18H,6-11H2,1-5H3. The fourth-order valence-electron chi connectivity index (χ4n) is 3.68. The van der Waals surface area contributed by atoms with Crippen LogP contribution in [0.1, 0.15) is 60.3 Å². The molecule has 0 aromatic rings. The number of nitrogens with one attached hydrogen (secondary N) is 1. The Labute approximate surface area is 129 Å². The van der Waals surface area contributed by atoms with Crippen molar-refractivity contribution in [1.82, 2.24) is 5.32 Å². The van der Waals surface area contributed by atoms with E-state index in [1.807, 2.05) is 0 Å². The Morgan fingerprint density at radius 3 is 2.45 bits per heavy atom. The molecule has 1 N–H and O–H groups in total. The van der Waals surface area contributed by atoms with Crippen LogP contribution in [0.4, 0.5) is 0 Å². The smallest absolute Gasteiger partial charge is 0.0666 e. The summed E-state index contributed by atoms with van der Waals surface area (Å²) in [5.41, 5.74) is 0.452. The SMILES string of the molecule is CCNC1CCC(C(C)(C)C)CC1SC1CCOC1C. The lowest BCUT2D eigenvalue weighted by Crippen LogP contribution is -2.45. The molecule has 5 unspecified atom stereocenters. The van der Waals surface area contributed by atoms with E-state index in [-0.39, 0.29) is 0 Å². The highest BCUT2D eigenvalue weighted by Crippen LogP contribution is 2.44. The Hall–Kier alpha value is 0.270. The van der Waals surface area contributed by atoms with E-state index in [9.17, 15) is 0 Å². The van der Waals surface area contributed by atoms with E-state index in [4.69, 9.17) is 4.74 Å². The Balaban J connectivity index is 1.99. The molecule has 0 aromatic carbocycles. The summed E-state index contributed by atoms with van der Waals surface area (Å²) in [6, 6.07) is 0.705. The molecule has 5 atom stereocenters. The third-order valence-electron chi connectivity index (χ3n) is 5.14. The maximum atomic E-state index is 5.76. The van der Waals surface area contributed by atoms with Crippen molar-refractivity contribution in [3.05, 3.63) is 0 Å². The zero-order valence-electron chi connectivity index (χ0n) is 13.9. The van der Waals surface area contributed by atoms with Crippen molar-refractivity contribution in [3.63, 3.8) is 0 Å². The molecule has 0 amide bonds. The van der Waals surface area contributed by atoms with E-state index in [0.717, 1.165) is 24.3 Å². The molecule has 20 heavy (non-hydrogen) atoms. The summed E-state index contributed by atoms with van der Waals surface area (Å²) in [7, 11) is 0. The second-order valence-electron chi connectivity index (χ2n) is 7.62. The normalized spacial score (nSPS) is 39.1. The highest BCUT2D eigenvalue weighted by Gasteiger charge is 2.38. The van der Waals surface area contributed by atoms with Crippen LogP contribution in [0.5, 0.6) is 0 Å². The van der Waals surface area contributed by atoms with Crippen LogP contribution in [0.15, 0.2) is 0 Å². The van der Waals surface area contributed by atoms with Crippen LogP contribution < -0.4 is 5.32 Å². The lowest BCUT2D eigenvalue weighted by atomic mass is 9.71. The van der Waals surface area contributed by atoms with Crippen molar-refractivity contribution in [2.45, 2.75) is 82.9 Å². The highest BCUT2D eigenvalue weighted by molar-refractivity contribution is 8.00. The Kier molecular flexibility index (Phi) is 5.84. The molecule has 118 valence electrons. The summed E-state index contributed by atoms with van der Waals surface area (Å²) in [6.07, 6.45) is 5.78. The van der Waals surface area contributed by atoms with E-state index in [0.29, 0.717) is 22.8 Å². The van der Waals surface area contributed by atoms with Gasteiger partial charge in [0.2, 0.25) is 0 Å². The quantitative estimate of drug-likeness (QED) is 0.845. The second kappa shape index (κ2) is 7.02. The molecule has 0 spiro atoms. The van der Waals surface area contributed by atoms with Gasteiger partial charge >= 0.3 is 0 Å². The number of ether oxygens (including phenoxy) is 1. The number of hydrogen-bond acceptors (Lipinski definition) is 3. The first-order valence-corrected chi connectivity index (χ1v) is 9.36. The van der Waals surface area contributed by atoms with Crippen molar-refractivity contribution in [2.75, 3.05) is 13.2 Å². The Morgan fingerprint density at radius 2 is 1.90 bits per heavy atom. The van der Waals surface area contributed by atoms with E-state index in [2.05, 4.69) is 51.7 Å². The van der Waals surface area contributed by atoms with Crippen LogP contribution in [0.2, 0.25) is 0 Å². The molecule has 1 aliphatic carbocycles. The van der Waals surface area contributed by atoms with Gasteiger partial charge in [-0.05, 0) is 50.5 Å². The van der Waals surface area contributed by atoms with Crippen LogP contribution in [0.25, 0.3) is 0 Å². The first-order valence-electron chi connectivity index (χ1n) is 8.42. The lowest BCUT2D eigenvalue weighted by molar-refractivity contribution is 0.127. The van der Waals surface area contributed by atoms with Crippen molar-refractivity contribution in [1.29, 1.82) is 0 Å². The average molecular weight is 300 g/mol. The average Bonchev–Trinajstić information content (AvgIpc) is 2.76. The molecule has 2 aliphatic rings. The molecule has 0 bridgehead atoms. The fourth-order valence-corrected chi connectivity index (χ4v) is 5.42. The monoisotopic (exact) mass is 299 g/mol. The maximum absolute atomic E-state index is 5.76. The predicted molar refractivity (Wildman–Crippen MR) is 89.5 cm³/mol. The lowest BCUT2D eigenvalue weighted by Gasteiger charge is -2.42. The molecular formula is C17H33NOS. The summed E-state index contributed by atoms with van der Waals surface area (Å²) in [5, 5.41) is 5.21. The van der Waals surface area contributed by atoms with Gasteiger partial charge in [-0.15, -0.1) is 0 Å². The van der Waals surface area contributed by atoms with Gasteiger partial charge in [0.15, 0.2) is 0 Å². The summed E-state index contributed by atoms with van der Waals surface area (Å²) >= 11 is 2.22. The highest BCUT2D eigenvalue weighted by atomic mass is 32.2. The first-order chi connectivity index (χ1) is 9.41. The van der Waals surface area contributed by atoms with E-state index >= 15 is 0 Å². The van der Waals surface area contributed by atoms with E-state index in [1.54, 1.807) is 0 Å². The van der Waals surface area contributed by atoms with Gasteiger partial charge in [-0.3, -0.25) is 0 Å². The minimum absolute atomic E-state index is 0.442. The van der Waals surface area contributed by atoms with Crippen LogP contribution in [0.3, 0.4) is 0 Å². The minimum atomic E-state index is 0.442. The van der Waals surface area contributed by atoms with Crippen molar-refractivity contribution in [3.8, 4) is 0 Å². The maximum Gasteiger partial charge on any atom is 0.0666 e. The van der Waals surface area contributed by atoms with Crippen LogP contribution in [-0.4, -0.2) is 35.8 Å². The summed E-state index contributed by atoms with van der Waals surface area (Å²) in [5.74, 6) is 0.868. The van der Waals surface area contributed by atoms with Crippen molar-refractivity contribution in [2.24, 2.45) is 11.3 Å². The van der Waals surface area contributed by atoms with E-state index < -0.39 is 0 Å². The number of thioether (sulfide) groups is 1. The first kappa shape index (κ1) is 16.6. The van der Waals surface area contributed by atoms with Crippen LogP contribution >= 0.6 is 11.8 Å². The van der Waals surface area contributed by atoms with Crippen LogP contribution in [-0.2, 0) is 4.74 Å². The summed E-state index contributed by atoms with van der Waals surface area (Å²) in [6.45, 7) is 13.8. The third-order valence-corrected chi connectivity index (χ3v) is 6.98. The molecule has 1 heterocycles. The molecular weight excluding hydrogens is 266 g/mol. The zero-order valence-corrected chi connectivity index (χ0v) is 14.8. The zero-order chi connectivity index (χ0) is 14.8. The number of hydrogen-bond donors (Lipinski definition) is 1. The van der Waals surface area contributed by atoms with Gasteiger partial charge in [0.05, 0.1) is 6.10 Å². The predicted octanol–water partition coefficient (Wildman–Crippen LogP) is 4.09. The second-order valence-corrected chi connectivity index (χ2v) is 9.10. The number of rotatable bonds is 4. The van der Waals surface area contributed by atoms with Gasteiger partial charge in [0.1, 0.15) is 0 Å². The molecule has 0 radical (unpaired) electrons. The Bertz CT molecular complexity index is 300. The van der Waals surface area contributed by atoms with Gasteiger partial charge in [-0.1, -0.05) is 27.7 Å². The molecule has 2 fully saturated rings. The molecule has 1 saturated carbocycles. The summed E-state index contributed by atoms with van der Waals surface area (Å²) < 4.78 is 5.76. The van der Waals surface area contributed by atoms with Gasteiger partial charge in [0.25, 0.3) is 0 Å². The molecule has 2 rings (SSSR count). The van der Waals surface area contributed by atoms with Gasteiger partial charge in [-0.25, -0.2) is 0 Å². The molecule has 3 heteroatoms. The largest absolute Gasteiger partial charge is 0.377 e. The fraction of sp³-hybridized carbons (Fsp3) is 1.00.